The summed E-state index contributed by atoms with van der Waals surface area (Å²) in [5, 5.41) is 3.32. The number of hydrogen-bond donors (Lipinski definition) is 1. The molecule has 1 aliphatic rings. The molecule has 0 spiro atoms. The van der Waals surface area contributed by atoms with Crippen LogP contribution in [-0.4, -0.2) is 12.6 Å². The molecule has 0 saturated carbocycles. The predicted molar refractivity (Wildman–Crippen MR) is 51.3 cm³/mol. The van der Waals surface area contributed by atoms with Crippen molar-refractivity contribution in [1.29, 1.82) is 0 Å². The van der Waals surface area contributed by atoms with Crippen molar-refractivity contribution in [2.45, 2.75) is 25.8 Å². The van der Waals surface area contributed by atoms with E-state index in [1.54, 1.807) is 0 Å². The van der Waals surface area contributed by atoms with E-state index >= 15 is 0 Å². The summed E-state index contributed by atoms with van der Waals surface area (Å²) in [4.78, 5) is 0. The lowest BCUT2D eigenvalue weighted by Gasteiger charge is -2.03. The van der Waals surface area contributed by atoms with Gasteiger partial charge in [0, 0.05) is 12.6 Å². The second kappa shape index (κ2) is 3.28. The fourth-order valence-electron chi connectivity index (χ4n) is 1.51. The first-order valence-electron chi connectivity index (χ1n) is 4.64. The Balaban J connectivity index is 1.96. The average Bonchev–Trinajstić information content (AvgIpc) is 2.86. The third kappa shape index (κ3) is 1.86. The molecule has 0 amide bonds. The van der Waals surface area contributed by atoms with Gasteiger partial charge in [0.15, 0.2) is 0 Å². The first-order chi connectivity index (χ1) is 5.86. The summed E-state index contributed by atoms with van der Waals surface area (Å²) in [6.45, 7) is 3.42. The van der Waals surface area contributed by atoms with Crippen molar-refractivity contribution in [1.82, 2.24) is 5.32 Å². The fraction of sp³-hybridized carbons (Fsp3) is 0.455. The molecule has 1 nitrogen and oxygen atoms in total. The van der Waals surface area contributed by atoms with Crippen LogP contribution >= 0.6 is 0 Å². The Hall–Kier alpha value is -0.820. The normalized spacial score (nSPS) is 20.9. The zero-order valence-electron chi connectivity index (χ0n) is 7.51. The summed E-state index contributed by atoms with van der Waals surface area (Å²) in [5.74, 6) is 0. The lowest BCUT2D eigenvalue weighted by atomic mass is 10.0. The summed E-state index contributed by atoms with van der Waals surface area (Å²) in [6.07, 6.45) is 2.52. The lowest BCUT2D eigenvalue weighted by molar-refractivity contribution is 0.798. The average molecular weight is 161 g/mol. The first-order valence-corrected chi connectivity index (χ1v) is 4.64. The molecule has 1 heteroatoms. The molecule has 1 aliphatic heterocycles. The van der Waals surface area contributed by atoms with E-state index in [0.29, 0.717) is 0 Å². The Morgan fingerprint density at radius 1 is 1.42 bits per heavy atom. The molecule has 1 unspecified atom stereocenters. The largest absolute Gasteiger partial charge is 0.311 e. The van der Waals surface area contributed by atoms with E-state index in [2.05, 4.69) is 36.5 Å². The van der Waals surface area contributed by atoms with Crippen LogP contribution in [-0.2, 0) is 6.42 Å². The second-order valence-corrected chi connectivity index (χ2v) is 3.57. The minimum atomic E-state index is 0.810. The molecule has 0 aromatic heterocycles. The minimum Gasteiger partial charge on any atom is -0.311 e. The molecular weight excluding hydrogens is 146 g/mol. The topological polar surface area (TPSA) is 21.9 Å². The minimum absolute atomic E-state index is 0.810. The molecular formula is C11H15N. The van der Waals surface area contributed by atoms with Gasteiger partial charge in [-0.25, -0.2) is 0 Å². The van der Waals surface area contributed by atoms with Gasteiger partial charge >= 0.3 is 0 Å². The van der Waals surface area contributed by atoms with Crippen LogP contribution in [0.2, 0.25) is 0 Å². The third-order valence-corrected chi connectivity index (χ3v) is 2.52. The SMILES string of the molecule is Cc1ccccc1CCC1CN1. The van der Waals surface area contributed by atoms with E-state index in [1.807, 2.05) is 0 Å². The van der Waals surface area contributed by atoms with Gasteiger partial charge in [0.2, 0.25) is 0 Å². The molecule has 1 atom stereocenters. The number of nitrogens with one attached hydrogen (secondary N) is 1. The van der Waals surface area contributed by atoms with Gasteiger partial charge in [0.25, 0.3) is 0 Å². The van der Waals surface area contributed by atoms with Crippen molar-refractivity contribution in [3.8, 4) is 0 Å². The van der Waals surface area contributed by atoms with Crippen molar-refractivity contribution >= 4 is 0 Å². The molecule has 0 bridgehead atoms. The van der Waals surface area contributed by atoms with Crippen molar-refractivity contribution < 1.29 is 0 Å². The molecule has 1 heterocycles. The maximum atomic E-state index is 3.32. The number of rotatable bonds is 3. The zero-order chi connectivity index (χ0) is 8.39. The Morgan fingerprint density at radius 2 is 2.17 bits per heavy atom. The van der Waals surface area contributed by atoms with Crippen molar-refractivity contribution in [2.75, 3.05) is 6.54 Å². The monoisotopic (exact) mass is 161 g/mol. The highest BCUT2D eigenvalue weighted by Crippen LogP contribution is 2.13. The van der Waals surface area contributed by atoms with Gasteiger partial charge < -0.3 is 5.32 Å². The second-order valence-electron chi connectivity index (χ2n) is 3.57. The summed E-state index contributed by atoms with van der Waals surface area (Å²) in [5.41, 5.74) is 2.93. The van der Waals surface area contributed by atoms with Crippen LogP contribution in [0.3, 0.4) is 0 Å². The molecule has 12 heavy (non-hydrogen) atoms. The molecule has 2 rings (SSSR count). The maximum absolute atomic E-state index is 3.32. The summed E-state index contributed by atoms with van der Waals surface area (Å²) >= 11 is 0. The molecule has 1 aromatic rings. The van der Waals surface area contributed by atoms with Crippen LogP contribution in [0.4, 0.5) is 0 Å². The van der Waals surface area contributed by atoms with Gasteiger partial charge in [-0.15, -0.1) is 0 Å². The highest BCUT2D eigenvalue weighted by atomic mass is 15.1. The van der Waals surface area contributed by atoms with E-state index in [-0.39, 0.29) is 0 Å². The predicted octanol–water partition coefficient (Wildman–Crippen LogP) is 1.90. The summed E-state index contributed by atoms with van der Waals surface area (Å²) in [7, 11) is 0. The van der Waals surface area contributed by atoms with E-state index in [4.69, 9.17) is 0 Å². The quantitative estimate of drug-likeness (QED) is 0.672. The number of aryl methyl sites for hydroxylation is 2. The van der Waals surface area contributed by atoms with Crippen LogP contribution in [0.15, 0.2) is 24.3 Å². The molecule has 1 aromatic carbocycles. The van der Waals surface area contributed by atoms with Gasteiger partial charge in [-0.3, -0.25) is 0 Å². The standard InChI is InChI=1S/C11H15N/c1-9-4-2-3-5-10(9)6-7-11-8-12-11/h2-5,11-12H,6-8H2,1H3. The van der Waals surface area contributed by atoms with Gasteiger partial charge in [-0.2, -0.15) is 0 Å². The van der Waals surface area contributed by atoms with E-state index < -0.39 is 0 Å². The van der Waals surface area contributed by atoms with Crippen LogP contribution in [0.1, 0.15) is 17.5 Å². The Bertz CT molecular complexity index is 263. The van der Waals surface area contributed by atoms with Crippen LogP contribution in [0.5, 0.6) is 0 Å². The number of benzene rings is 1. The highest BCUT2D eigenvalue weighted by Gasteiger charge is 2.18. The molecule has 64 valence electrons. The smallest absolute Gasteiger partial charge is 0.0196 e. The molecule has 1 N–H and O–H groups in total. The van der Waals surface area contributed by atoms with Crippen molar-refractivity contribution in [3.63, 3.8) is 0 Å². The summed E-state index contributed by atoms with van der Waals surface area (Å²) in [6, 6.07) is 9.47. The lowest BCUT2D eigenvalue weighted by Crippen LogP contribution is -1.95. The molecule has 1 saturated heterocycles. The van der Waals surface area contributed by atoms with Crippen LogP contribution in [0.25, 0.3) is 0 Å². The third-order valence-electron chi connectivity index (χ3n) is 2.52. The number of hydrogen-bond acceptors (Lipinski definition) is 1. The maximum Gasteiger partial charge on any atom is 0.0196 e. The Morgan fingerprint density at radius 3 is 2.83 bits per heavy atom. The first kappa shape index (κ1) is 7.81. The van der Waals surface area contributed by atoms with Gasteiger partial charge in [0.05, 0.1) is 0 Å². The highest BCUT2D eigenvalue weighted by molar-refractivity contribution is 5.25. The van der Waals surface area contributed by atoms with E-state index in [0.717, 1.165) is 6.04 Å². The van der Waals surface area contributed by atoms with E-state index in [1.165, 1.54) is 30.5 Å². The Kier molecular flexibility index (Phi) is 2.13. The van der Waals surface area contributed by atoms with E-state index in [9.17, 15) is 0 Å². The molecule has 1 fully saturated rings. The van der Waals surface area contributed by atoms with Crippen molar-refractivity contribution in [2.24, 2.45) is 0 Å². The molecule has 0 aliphatic carbocycles. The van der Waals surface area contributed by atoms with Gasteiger partial charge in [-0.1, -0.05) is 24.3 Å². The van der Waals surface area contributed by atoms with Gasteiger partial charge in [0.1, 0.15) is 0 Å². The zero-order valence-corrected chi connectivity index (χ0v) is 7.51. The van der Waals surface area contributed by atoms with Crippen LogP contribution in [0, 0.1) is 6.92 Å². The van der Waals surface area contributed by atoms with Crippen LogP contribution < -0.4 is 5.32 Å². The fourth-order valence-corrected chi connectivity index (χ4v) is 1.51. The van der Waals surface area contributed by atoms with Gasteiger partial charge in [-0.05, 0) is 30.9 Å². The Labute approximate surface area is 73.8 Å². The molecule has 0 radical (unpaired) electrons. The summed E-state index contributed by atoms with van der Waals surface area (Å²) < 4.78 is 0. The van der Waals surface area contributed by atoms with Crippen molar-refractivity contribution in [3.05, 3.63) is 35.4 Å².